The van der Waals surface area contributed by atoms with Gasteiger partial charge in [-0.05, 0) is 49.4 Å². The number of amides is 1. The molecule has 1 aliphatic heterocycles. The third-order valence-electron chi connectivity index (χ3n) is 4.45. The molecule has 126 valence electrons. The minimum absolute atomic E-state index is 0.171. The second-order valence-corrected chi connectivity index (χ2v) is 6.59. The number of carbonyl (C=O) groups excluding carboxylic acids is 1. The number of hydrogen-bond acceptors (Lipinski definition) is 2. The molecule has 1 amide bonds. The van der Waals surface area contributed by atoms with Crippen LogP contribution < -0.4 is 5.32 Å². The largest absolute Gasteiger partial charge is 0.416 e. The van der Waals surface area contributed by atoms with Crippen molar-refractivity contribution in [1.29, 1.82) is 0 Å². The van der Waals surface area contributed by atoms with Gasteiger partial charge in [0, 0.05) is 11.6 Å². The quantitative estimate of drug-likeness (QED) is 0.900. The van der Waals surface area contributed by atoms with Crippen LogP contribution in [-0.2, 0) is 21.2 Å². The summed E-state index contributed by atoms with van der Waals surface area (Å²) >= 11 is 6.10. The molecule has 2 fully saturated rings. The Morgan fingerprint density at radius 1 is 1.35 bits per heavy atom. The fourth-order valence-corrected chi connectivity index (χ4v) is 3.24. The topological polar surface area (TPSA) is 38.3 Å². The van der Waals surface area contributed by atoms with Gasteiger partial charge in [-0.2, -0.15) is 13.2 Å². The van der Waals surface area contributed by atoms with Crippen molar-refractivity contribution in [3.05, 3.63) is 34.3 Å². The van der Waals surface area contributed by atoms with Crippen LogP contribution in [-0.4, -0.2) is 19.1 Å². The Balaban J connectivity index is 1.81. The lowest BCUT2D eigenvalue weighted by Gasteiger charge is -2.26. The number of halogens is 4. The maximum Gasteiger partial charge on any atom is 0.416 e. The maximum absolute atomic E-state index is 12.9. The summed E-state index contributed by atoms with van der Waals surface area (Å²) in [6.07, 6.45) is -1.70. The summed E-state index contributed by atoms with van der Waals surface area (Å²) < 4.78 is 44.0. The van der Waals surface area contributed by atoms with E-state index in [1.54, 1.807) is 0 Å². The molecular formula is C16H17ClF3NO2. The molecule has 23 heavy (non-hydrogen) atoms. The molecule has 1 aromatic rings. The molecular weight excluding hydrogens is 331 g/mol. The van der Waals surface area contributed by atoms with Crippen molar-refractivity contribution in [2.24, 2.45) is 5.92 Å². The second-order valence-electron chi connectivity index (χ2n) is 6.18. The van der Waals surface area contributed by atoms with Crippen LogP contribution >= 0.6 is 11.6 Å². The first-order valence-electron chi connectivity index (χ1n) is 7.59. The van der Waals surface area contributed by atoms with Crippen LogP contribution in [0.4, 0.5) is 13.2 Å². The number of carbonyl (C=O) groups is 1. The van der Waals surface area contributed by atoms with Crippen LogP contribution in [0.25, 0.3) is 0 Å². The molecule has 3 rings (SSSR count). The molecule has 2 aliphatic rings. The minimum atomic E-state index is -4.43. The zero-order chi connectivity index (χ0) is 16.7. The van der Waals surface area contributed by atoms with Gasteiger partial charge in [-0.25, -0.2) is 0 Å². The van der Waals surface area contributed by atoms with E-state index >= 15 is 0 Å². The number of ether oxygens (including phenoxy) is 1. The zero-order valence-electron chi connectivity index (χ0n) is 12.4. The van der Waals surface area contributed by atoms with Crippen LogP contribution in [0.2, 0.25) is 5.02 Å². The maximum atomic E-state index is 12.9. The Bertz CT molecular complexity index is 608. The molecule has 1 saturated heterocycles. The van der Waals surface area contributed by atoms with Gasteiger partial charge in [0.1, 0.15) is 0 Å². The molecule has 1 atom stereocenters. The molecule has 1 N–H and O–H groups in total. The van der Waals surface area contributed by atoms with Gasteiger partial charge in [0.05, 0.1) is 23.6 Å². The number of hydrogen-bond donors (Lipinski definition) is 1. The van der Waals surface area contributed by atoms with Crippen LogP contribution in [0.3, 0.4) is 0 Å². The van der Waals surface area contributed by atoms with Gasteiger partial charge >= 0.3 is 6.18 Å². The molecule has 3 nitrogen and oxygen atoms in total. The van der Waals surface area contributed by atoms with Crippen molar-refractivity contribution in [2.45, 2.75) is 37.4 Å². The monoisotopic (exact) mass is 347 g/mol. The van der Waals surface area contributed by atoms with Gasteiger partial charge in [0.25, 0.3) is 0 Å². The lowest BCUT2D eigenvalue weighted by molar-refractivity contribution is -0.137. The highest BCUT2D eigenvalue weighted by molar-refractivity contribution is 6.31. The lowest BCUT2D eigenvalue weighted by atomic mass is 9.97. The van der Waals surface area contributed by atoms with Crippen molar-refractivity contribution in [3.63, 3.8) is 0 Å². The molecule has 1 saturated carbocycles. The summed E-state index contributed by atoms with van der Waals surface area (Å²) in [4.78, 5) is 12.4. The van der Waals surface area contributed by atoms with E-state index in [4.69, 9.17) is 16.3 Å². The van der Waals surface area contributed by atoms with Crippen LogP contribution in [0.1, 0.15) is 36.8 Å². The standard InChI is InChI=1S/C16H17ClF3NO2/c17-13-4-3-11(16(18,19)20)8-12(13)15(5-6-15)21-14(22)10-2-1-7-23-9-10/h3-4,8,10H,1-2,5-7,9H2,(H,21,22)/t10-/m0/s1. The zero-order valence-corrected chi connectivity index (χ0v) is 13.1. The summed E-state index contributed by atoms with van der Waals surface area (Å²) in [5, 5.41) is 3.15. The van der Waals surface area contributed by atoms with Crippen LogP contribution in [0, 0.1) is 5.92 Å². The van der Waals surface area contributed by atoms with Crippen LogP contribution in [0.15, 0.2) is 18.2 Å². The summed E-state index contributed by atoms with van der Waals surface area (Å²) in [7, 11) is 0. The third kappa shape index (κ3) is 3.48. The third-order valence-corrected chi connectivity index (χ3v) is 4.78. The predicted octanol–water partition coefficient (Wildman–Crippen LogP) is 3.89. The highest BCUT2D eigenvalue weighted by Crippen LogP contribution is 2.49. The molecule has 1 aliphatic carbocycles. The number of nitrogens with one attached hydrogen (secondary N) is 1. The molecule has 0 bridgehead atoms. The Hall–Kier alpha value is -1.27. The second kappa shape index (κ2) is 5.98. The van der Waals surface area contributed by atoms with E-state index in [1.807, 2.05) is 0 Å². The van der Waals surface area contributed by atoms with Crippen molar-refractivity contribution < 1.29 is 22.7 Å². The van der Waals surface area contributed by atoms with E-state index in [0.717, 1.165) is 25.0 Å². The molecule has 1 aromatic carbocycles. The van der Waals surface area contributed by atoms with Gasteiger partial charge in [0.15, 0.2) is 0 Å². The summed E-state index contributed by atoms with van der Waals surface area (Å²) in [5.41, 5.74) is -1.18. The van der Waals surface area contributed by atoms with Gasteiger partial charge < -0.3 is 10.1 Å². The van der Waals surface area contributed by atoms with E-state index < -0.39 is 17.3 Å². The van der Waals surface area contributed by atoms with E-state index in [1.165, 1.54) is 6.07 Å². The molecule has 0 aromatic heterocycles. The van der Waals surface area contributed by atoms with Crippen molar-refractivity contribution in [2.75, 3.05) is 13.2 Å². The molecule has 0 spiro atoms. The van der Waals surface area contributed by atoms with Gasteiger partial charge in [-0.3, -0.25) is 4.79 Å². The SMILES string of the molecule is O=C(NC1(c2cc(C(F)(F)F)ccc2Cl)CC1)[C@H]1CCCOC1. The normalized spacial score (nSPS) is 23.4. The van der Waals surface area contributed by atoms with Crippen molar-refractivity contribution in [3.8, 4) is 0 Å². The highest BCUT2D eigenvalue weighted by Gasteiger charge is 2.48. The fraction of sp³-hybridized carbons (Fsp3) is 0.562. The smallest absolute Gasteiger partial charge is 0.381 e. The summed E-state index contributed by atoms with van der Waals surface area (Å²) in [6.45, 7) is 1.01. The summed E-state index contributed by atoms with van der Waals surface area (Å²) in [6, 6.07) is 3.25. The van der Waals surface area contributed by atoms with E-state index in [9.17, 15) is 18.0 Å². The highest BCUT2D eigenvalue weighted by atomic mass is 35.5. The molecule has 7 heteroatoms. The van der Waals surface area contributed by atoms with E-state index in [0.29, 0.717) is 31.6 Å². The van der Waals surface area contributed by atoms with Crippen molar-refractivity contribution in [1.82, 2.24) is 5.32 Å². The Morgan fingerprint density at radius 3 is 2.65 bits per heavy atom. The first-order chi connectivity index (χ1) is 10.8. The fourth-order valence-electron chi connectivity index (χ4n) is 2.94. The lowest BCUT2D eigenvalue weighted by Crippen LogP contribution is -2.41. The Labute approximate surface area is 137 Å². The number of rotatable bonds is 3. The van der Waals surface area contributed by atoms with E-state index in [-0.39, 0.29) is 16.8 Å². The van der Waals surface area contributed by atoms with E-state index in [2.05, 4.69) is 5.32 Å². The average molecular weight is 348 g/mol. The Kier molecular flexibility index (Phi) is 4.31. The van der Waals surface area contributed by atoms with Gasteiger partial charge in [0.2, 0.25) is 5.91 Å². The average Bonchev–Trinajstić information content (AvgIpc) is 3.28. The van der Waals surface area contributed by atoms with Crippen molar-refractivity contribution >= 4 is 17.5 Å². The molecule has 1 heterocycles. The first-order valence-corrected chi connectivity index (χ1v) is 7.97. The first kappa shape index (κ1) is 16.6. The van der Waals surface area contributed by atoms with Gasteiger partial charge in [-0.1, -0.05) is 11.6 Å². The van der Waals surface area contributed by atoms with Crippen LogP contribution in [0.5, 0.6) is 0 Å². The Morgan fingerprint density at radius 2 is 2.09 bits per heavy atom. The molecule has 0 unspecified atom stereocenters. The number of alkyl halides is 3. The summed E-state index contributed by atoms with van der Waals surface area (Å²) in [5.74, 6) is -0.415. The number of benzene rings is 1. The van der Waals surface area contributed by atoms with Gasteiger partial charge in [-0.15, -0.1) is 0 Å². The predicted molar refractivity (Wildman–Crippen MR) is 79.1 cm³/mol. The minimum Gasteiger partial charge on any atom is -0.381 e. The molecule has 0 radical (unpaired) electrons.